The molecule has 0 radical (unpaired) electrons. The van der Waals surface area contributed by atoms with Gasteiger partial charge in [-0.1, -0.05) is 18.6 Å². The van der Waals surface area contributed by atoms with Crippen LogP contribution in [0.1, 0.15) is 35.5 Å². The maximum Gasteiger partial charge on any atom is 0.280 e. The molecule has 2 unspecified atom stereocenters. The summed E-state index contributed by atoms with van der Waals surface area (Å²) in [5, 5.41) is 6.27. The molecule has 8 nitrogen and oxygen atoms in total. The van der Waals surface area contributed by atoms with Crippen molar-refractivity contribution in [3.8, 4) is 0 Å². The summed E-state index contributed by atoms with van der Waals surface area (Å²) in [6.07, 6.45) is 2.21. The summed E-state index contributed by atoms with van der Waals surface area (Å²) in [6.45, 7) is 1.27. The quantitative estimate of drug-likeness (QED) is 0.678. The van der Waals surface area contributed by atoms with Crippen molar-refractivity contribution >= 4 is 39.3 Å². The molecule has 162 valence electrons. The summed E-state index contributed by atoms with van der Waals surface area (Å²) in [4.78, 5) is 43.7. The standard InChI is InChI=1S/C21H28N4O4S/c1-25-13-15(23-20(28)21-24-16-8-3-4-9-17(16)30-21)7-5-6-14(12-18(25)26)19(27)22-10-11-29-2/h3-4,8-9,14-15H,5-7,10-13H2,1-2H3,(H,22,27)(H,23,28). The molecule has 3 rings (SSSR count). The molecule has 30 heavy (non-hydrogen) atoms. The molecule has 0 bridgehead atoms. The molecule has 2 atom stereocenters. The van der Waals surface area contributed by atoms with Crippen molar-refractivity contribution in [3.63, 3.8) is 0 Å². The van der Waals surface area contributed by atoms with Crippen LogP contribution in [0.4, 0.5) is 0 Å². The SMILES string of the molecule is COCCNC(=O)C1CCCC(NC(=O)c2nc3ccccc3s2)CN(C)C(=O)C1. The van der Waals surface area contributed by atoms with Crippen molar-refractivity contribution in [2.24, 2.45) is 5.92 Å². The first-order chi connectivity index (χ1) is 14.5. The van der Waals surface area contributed by atoms with Gasteiger partial charge in [0.1, 0.15) is 0 Å². The van der Waals surface area contributed by atoms with E-state index in [2.05, 4.69) is 15.6 Å². The number of thiazole rings is 1. The van der Waals surface area contributed by atoms with Crippen LogP contribution in [-0.2, 0) is 14.3 Å². The third kappa shape index (κ3) is 5.76. The second kappa shape index (κ2) is 10.5. The number of carbonyl (C=O) groups excluding carboxylic acids is 3. The smallest absolute Gasteiger partial charge is 0.280 e. The van der Waals surface area contributed by atoms with Crippen LogP contribution in [0.15, 0.2) is 24.3 Å². The minimum absolute atomic E-state index is 0.0944. The third-order valence-electron chi connectivity index (χ3n) is 5.25. The van der Waals surface area contributed by atoms with Crippen molar-refractivity contribution in [2.75, 3.05) is 33.9 Å². The molecule has 1 aromatic heterocycles. The van der Waals surface area contributed by atoms with Crippen LogP contribution in [0.5, 0.6) is 0 Å². The second-order valence-corrected chi connectivity index (χ2v) is 8.58. The molecule has 0 saturated carbocycles. The third-order valence-corrected chi connectivity index (χ3v) is 6.28. The summed E-state index contributed by atoms with van der Waals surface area (Å²) >= 11 is 1.36. The molecule has 1 aliphatic rings. The topological polar surface area (TPSA) is 101 Å². The predicted octanol–water partition coefficient (Wildman–Crippen LogP) is 1.81. The fraction of sp³-hybridized carbons (Fsp3) is 0.524. The number of fused-ring (bicyclic) bond motifs is 1. The van der Waals surface area contributed by atoms with Gasteiger partial charge in [0.25, 0.3) is 5.91 Å². The van der Waals surface area contributed by atoms with E-state index in [0.717, 1.165) is 16.6 Å². The van der Waals surface area contributed by atoms with Crippen molar-refractivity contribution in [3.05, 3.63) is 29.3 Å². The zero-order valence-electron chi connectivity index (χ0n) is 17.3. The fourth-order valence-electron chi connectivity index (χ4n) is 3.58. The van der Waals surface area contributed by atoms with Crippen LogP contribution in [-0.4, -0.2) is 67.5 Å². The molecule has 0 spiro atoms. The van der Waals surface area contributed by atoms with E-state index < -0.39 is 0 Å². The lowest BCUT2D eigenvalue weighted by Crippen LogP contribution is -2.44. The molecule has 2 aromatic rings. The minimum Gasteiger partial charge on any atom is -0.383 e. The summed E-state index contributed by atoms with van der Waals surface area (Å²) in [7, 11) is 3.29. The molecular formula is C21H28N4O4S. The molecule has 1 fully saturated rings. The van der Waals surface area contributed by atoms with Gasteiger partial charge in [0.2, 0.25) is 11.8 Å². The number of nitrogens with zero attached hydrogens (tertiary/aromatic N) is 2. The Hall–Kier alpha value is -2.52. The summed E-state index contributed by atoms with van der Waals surface area (Å²) in [5.41, 5.74) is 0.803. The lowest BCUT2D eigenvalue weighted by atomic mass is 9.96. The highest BCUT2D eigenvalue weighted by molar-refractivity contribution is 7.20. The lowest BCUT2D eigenvalue weighted by molar-refractivity contribution is -0.135. The molecule has 1 aromatic carbocycles. The van der Waals surface area contributed by atoms with Crippen molar-refractivity contribution in [2.45, 2.75) is 31.7 Å². The number of likely N-dealkylation sites (N-methyl/N-ethyl adjacent to an activating group) is 1. The Labute approximate surface area is 180 Å². The Morgan fingerprint density at radius 1 is 1.30 bits per heavy atom. The first-order valence-electron chi connectivity index (χ1n) is 10.1. The van der Waals surface area contributed by atoms with Crippen molar-refractivity contribution < 1.29 is 19.1 Å². The number of carbonyl (C=O) groups is 3. The van der Waals surface area contributed by atoms with E-state index in [1.165, 1.54) is 11.3 Å². The van der Waals surface area contributed by atoms with Crippen molar-refractivity contribution in [1.29, 1.82) is 0 Å². The molecule has 3 amide bonds. The van der Waals surface area contributed by atoms with E-state index >= 15 is 0 Å². The molecule has 2 N–H and O–H groups in total. The van der Waals surface area contributed by atoms with Crippen LogP contribution in [0, 0.1) is 5.92 Å². The Morgan fingerprint density at radius 2 is 2.10 bits per heavy atom. The normalized spacial score (nSPS) is 20.3. The zero-order chi connectivity index (χ0) is 21.5. The lowest BCUT2D eigenvalue weighted by Gasteiger charge is -2.24. The number of hydrogen-bond donors (Lipinski definition) is 2. The molecular weight excluding hydrogens is 404 g/mol. The maximum absolute atomic E-state index is 12.7. The Bertz CT molecular complexity index is 867. The van der Waals surface area contributed by atoms with Crippen LogP contribution >= 0.6 is 11.3 Å². The van der Waals surface area contributed by atoms with Gasteiger partial charge in [-0.2, -0.15) is 0 Å². The number of ether oxygens (including phenoxy) is 1. The highest BCUT2D eigenvalue weighted by Crippen LogP contribution is 2.22. The first-order valence-corrected chi connectivity index (χ1v) is 11.0. The molecule has 2 heterocycles. The number of nitrogens with one attached hydrogen (secondary N) is 2. The van der Waals surface area contributed by atoms with E-state index in [9.17, 15) is 14.4 Å². The monoisotopic (exact) mass is 432 g/mol. The Kier molecular flexibility index (Phi) is 7.75. The number of amides is 3. The van der Waals surface area contributed by atoms with E-state index in [-0.39, 0.29) is 36.1 Å². The number of benzene rings is 1. The Balaban J connectivity index is 1.62. The van der Waals surface area contributed by atoms with Crippen LogP contribution in [0.2, 0.25) is 0 Å². The van der Waals surface area contributed by atoms with Gasteiger partial charge < -0.3 is 20.3 Å². The average molecular weight is 433 g/mol. The van der Waals surface area contributed by atoms with Gasteiger partial charge in [-0.05, 0) is 25.0 Å². The molecule has 0 aliphatic carbocycles. The summed E-state index contributed by atoms with van der Waals surface area (Å²) < 4.78 is 5.92. The number of hydrogen-bond acceptors (Lipinski definition) is 6. The summed E-state index contributed by atoms with van der Waals surface area (Å²) in [6, 6.07) is 7.45. The minimum atomic E-state index is -0.365. The number of aromatic nitrogens is 1. The highest BCUT2D eigenvalue weighted by Gasteiger charge is 2.28. The van der Waals surface area contributed by atoms with Gasteiger partial charge in [0.15, 0.2) is 5.01 Å². The van der Waals surface area contributed by atoms with E-state index in [0.29, 0.717) is 37.5 Å². The van der Waals surface area contributed by atoms with Crippen LogP contribution < -0.4 is 10.6 Å². The van der Waals surface area contributed by atoms with Gasteiger partial charge in [-0.25, -0.2) is 4.98 Å². The fourth-order valence-corrected chi connectivity index (χ4v) is 4.45. The van der Waals surface area contributed by atoms with E-state index in [4.69, 9.17) is 4.74 Å². The summed E-state index contributed by atoms with van der Waals surface area (Å²) in [5.74, 6) is -0.806. The number of methoxy groups -OCH3 is 1. The first kappa shape index (κ1) is 22.2. The molecule has 1 saturated heterocycles. The Morgan fingerprint density at radius 3 is 2.87 bits per heavy atom. The highest BCUT2D eigenvalue weighted by atomic mass is 32.1. The van der Waals surface area contributed by atoms with Gasteiger partial charge in [-0.3, -0.25) is 14.4 Å². The van der Waals surface area contributed by atoms with E-state index in [1.807, 2.05) is 24.3 Å². The number of rotatable bonds is 6. The van der Waals surface area contributed by atoms with Crippen molar-refractivity contribution in [1.82, 2.24) is 20.5 Å². The van der Waals surface area contributed by atoms with Gasteiger partial charge in [0.05, 0.1) is 16.8 Å². The van der Waals surface area contributed by atoms with E-state index in [1.54, 1.807) is 19.1 Å². The maximum atomic E-state index is 12.7. The molecule has 9 heteroatoms. The predicted molar refractivity (Wildman–Crippen MR) is 115 cm³/mol. The average Bonchev–Trinajstić information content (AvgIpc) is 3.18. The van der Waals surface area contributed by atoms with Gasteiger partial charge in [0, 0.05) is 45.6 Å². The van der Waals surface area contributed by atoms with Gasteiger partial charge in [-0.15, -0.1) is 11.3 Å². The largest absolute Gasteiger partial charge is 0.383 e. The van der Waals surface area contributed by atoms with Gasteiger partial charge >= 0.3 is 0 Å². The zero-order valence-corrected chi connectivity index (χ0v) is 18.2. The molecule has 1 aliphatic heterocycles. The number of para-hydroxylation sites is 1. The van der Waals surface area contributed by atoms with Crippen LogP contribution in [0.25, 0.3) is 10.2 Å². The second-order valence-electron chi connectivity index (χ2n) is 7.55. The van der Waals surface area contributed by atoms with Crippen LogP contribution in [0.3, 0.4) is 0 Å².